The zero-order valence-electron chi connectivity index (χ0n) is 9.09. The SMILES string of the molecule is CC(C)(O)C1=CCC2CC1C2(C)C. The van der Waals surface area contributed by atoms with Gasteiger partial charge in [0.05, 0.1) is 5.60 Å². The third kappa shape index (κ3) is 1.17. The first-order chi connectivity index (χ1) is 5.83. The molecule has 0 aromatic rings. The maximum absolute atomic E-state index is 10.0. The Hall–Kier alpha value is -0.300. The van der Waals surface area contributed by atoms with Gasteiger partial charge in [0.15, 0.2) is 0 Å². The molecule has 0 aromatic heterocycles. The average Bonchev–Trinajstić information content (AvgIpc) is 2.02. The normalized spacial score (nSPS) is 36.5. The molecule has 1 heteroatoms. The molecule has 3 aliphatic rings. The minimum absolute atomic E-state index is 0.435. The molecule has 1 N–H and O–H groups in total. The van der Waals surface area contributed by atoms with Gasteiger partial charge >= 0.3 is 0 Å². The third-order valence-corrected chi connectivity index (χ3v) is 4.17. The quantitative estimate of drug-likeness (QED) is 0.615. The molecule has 0 aromatic carbocycles. The molecule has 0 saturated heterocycles. The lowest BCUT2D eigenvalue weighted by Gasteiger charge is -2.58. The van der Waals surface area contributed by atoms with Gasteiger partial charge < -0.3 is 5.11 Å². The van der Waals surface area contributed by atoms with Crippen LogP contribution in [0.15, 0.2) is 11.6 Å². The van der Waals surface area contributed by atoms with Crippen molar-refractivity contribution < 1.29 is 5.11 Å². The predicted molar refractivity (Wildman–Crippen MR) is 54.4 cm³/mol. The second kappa shape index (κ2) is 2.38. The Morgan fingerprint density at radius 2 is 2.08 bits per heavy atom. The van der Waals surface area contributed by atoms with E-state index in [1.807, 2.05) is 13.8 Å². The van der Waals surface area contributed by atoms with E-state index in [-0.39, 0.29) is 0 Å². The highest BCUT2D eigenvalue weighted by Gasteiger charge is 2.53. The Morgan fingerprint density at radius 1 is 1.46 bits per heavy atom. The first-order valence-corrected chi connectivity index (χ1v) is 5.26. The number of allylic oxidation sites excluding steroid dienone is 1. The summed E-state index contributed by atoms with van der Waals surface area (Å²) in [6, 6.07) is 0. The molecule has 0 spiro atoms. The molecule has 0 amide bonds. The van der Waals surface area contributed by atoms with Crippen molar-refractivity contribution in [3.05, 3.63) is 11.6 Å². The molecule has 3 rings (SSSR count). The van der Waals surface area contributed by atoms with Gasteiger partial charge in [0, 0.05) is 0 Å². The molecule has 74 valence electrons. The molecule has 0 radical (unpaired) electrons. The van der Waals surface area contributed by atoms with Crippen LogP contribution >= 0.6 is 0 Å². The Bertz CT molecular complexity index is 255. The van der Waals surface area contributed by atoms with Crippen LogP contribution in [0.3, 0.4) is 0 Å². The fraction of sp³-hybridized carbons (Fsp3) is 0.833. The summed E-state index contributed by atoms with van der Waals surface area (Å²) in [6.45, 7) is 8.50. The number of hydrogen-bond acceptors (Lipinski definition) is 1. The highest BCUT2D eigenvalue weighted by molar-refractivity contribution is 5.29. The van der Waals surface area contributed by atoms with Crippen LogP contribution < -0.4 is 0 Å². The van der Waals surface area contributed by atoms with Crippen LogP contribution in [0.1, 0.15) is 40.5 Å². The standard InChI is InChI=1S/C12H20O/c1-11(2)8-5-6-9(10(11)7-8)12(3,4)13/h6,8,10,13H,5,7H2,1-4H3. The third-order valence-electron chi connectivity index (χ3n) is 4.17. The van der Waals surface area contributed by atoms with Gasteiger partial charge in [-0.05, 0) is 49.5 Å². The van der Waals surface area contributed by atoms with Crippen LogP contribution in [-0.4, -0.2) is 10.7 Å². The first kappa shape index (κ1) is 9.26. The van der Waals surface area contributed by atoms with E-state index in [1.54, 1.807) is 0 Å². The van der Waals surface area contributed by atoms with Crippen molar-refractivity contribution in [1.82, 2.24) is 0 Å². The molecular formula is C12H20O. The summed E-state index contributed by atoms with van der Waals surface area (Å²) in [5, 5.41) is 10.0. The van der Waals surface area contributed by atoms with Gasteiger partial charge in [-0.25, -0.2) is 0 Å². The van der Waals surface area contributed by atoms with Gasteiger partial charge in [-0.3, -0.25) is 0 Å². The second-order valence-corrected chi connectivity index (χ2v) is 5.76. The summed E-state index contributed by atoms with van der Waals surface area (Å²) in [5.74, 6) is 1.50. The molecule has 1 nitrogen and oxygen atoms in total. The fourth-order valence-corrected chi connectivity index (χ4v) is 3.03. The highest BCUT2D eigenvalue weighted by atomic mass is 16.3. The second-order valence-electron chi connectivity index (χ2n) is 5.76. The van der Waals surface area contributed by atoms with Crippen molar-refractivity contribution in [2.45, 2.75) is 46.1 Å². The summed E-state index contributed by atoms with van der Waals surface area (Å²) in [6.07, 6.45) is 4.73. The van der Waals surface area contributed by atoms with Gasteiger partial charge in [-0.1, -0.05) is 19.9 Å². The first-order valence-electron chi connectivity index (χ1n) is 5.26. The van der Waals surface area contributed by atoms with Gasteiger partial charge in [0.25, 0.3) is 0 Å². The van der Waals surface area contributed by atoms with E-state index < -0.39 is 5.60 Å². The van der Waals surface area contributed by atoms with Crippen molar-refractivity contribution in [2.75, 3.05) is 0 Å². The fourth-order valence-electron chi connectivity index (χ4n) is 3.03. The molecule has 1 saturated carbocycles. The van der Waals surface area contributed by atoms with Gasteiger partial charge in [0.1, 0.15) is 0 Å². The molecular weight excluding hydrogens is 160 g/mol. The van der Waals surface area contributed by atoms with Gasteiger partial charge in [-0.2, -0.15) is 0 Å². The maximum Gasteiger partial charge on any atom is 0.0803 e. The lowest BCUT2D eigenvalue weighted by molar-refractivity contribution is -0.0356. The van der Waals surface area contributed by atoms with Crippen molar-refractivity contribution in [3.8, 4) is 0 Å². The summed E-state index contributed by atoms with van der Waals surface area (Å²) in [4.78, 5) is 0. The van der Waals surface area contributed by atoms with Crippen LogP contribution in [-0.2, 0) is 0 Å². The van der Waals surface area contributed by atoms with E-state index >= 15 is 0 Å². The number of fused-ring (bicyclic) bond motifs is 1. The molecule has 3 aliphatic carbocycles. The van der Waals surface area contributed by atoms with Crippen LogP contribution in [0.5, 0.6) is 0 Å². The van der Waals surface area contributed by atoms with Crippen molar-refractivity contribution in [1.29, 1.82) is 0 Å². The van der Waals surface area contributed by atoms with Crippen LogP contribution in [0.25, 0.3) is 0 Å². The minimum Gasteiger partial charge on any atom is -0.386 e. The lowest BCUT2D eigenvalue weighted by atomic mass is 9.47. The highest BCUT2D eigenvalue weighted by Crippen LogP contribution is 2.60. The molecule has 0 aliphatic heterocycles. The summed E-state index contributed by atoms with van der Waals surface area (Å²) >= 11 is 0. The van der Waals surface area contributed by atoms with E-state index in [4.69, 9.17) is 0 Å². The molecule has 0 heterocycles. The molecule has 2 atom stereocenters. The summed E-state index contributed by atoms with van der Waals surface area (Å²) in [5.41, 5.74) is 1.11. The lowest BCUT2D eigenvalue weighted by Crippen LogP contribution is -2.51. The molecule has 13 heavy (non-hydrogen) atoms. The maximum atomic E-state index is 10.0. The monoisotopic (exact) mass is 180 g/mol. The Kier molecular flexibility index (Phi) is 1.70. The number of rotatable bonds is 1. The van der Waals surface area contributed by atoms with Gasteiger partial charge in [0.2, 0.25) is 0 Å². The van der Waals surface area contributed by atoms with Crippen molar-refractivity contribution in [2.24, 2.45) is 17.3 Å². The zero-order chi connectivity index (χ0) is 9.85. The van der Waals surface area contributed by atoms with Crippen LogP contribution in [0.2, 0.25) is 0 Å². The average molecular weight is 180 g/mol. The smallest absolute Gasteiger partial charge is 0.0803 e. The van der Waals surface area contributed by atoms with E-state index in [0.29, 0.717) is 11.3 Å². The largest absolute Gasteiger partial charge is 0.386 e. The summed E-state index contributed by atoms with van der Waals surface area (Å²) in [7, 11) is 0. The Balaban J connectivity index is 2.29. The van der Waals surface area contributed by atoms with Crippen LogP contribution in [0.4, 0.5) is 0 Å². The minimum atomic E-state index is -0.604. The van der Waals surface area contributed by atoms with E-state index in [2.05, 4.69) is 19.9 Å². The van der Waals surface area contributed by atoms with E-state index in [0.717, 1.165) is 5.92 Å². The van der Waals surface area contributed by atoms with Crippen LogP contribution in [0, 0.1) is 17.3 Å². The van der Waals surface area contributed by atoms with Crippen molar-refractivity contribution in [3.63, 3.8) is 0 Å². The molecule has 2 bridgehead atoms. The zero-order valence-corrected chi connectivity index (χ0v) is 9.09. The Morgan fingerprint density at radius 3 is 2.38 bits per heavy atom. The van der Waals surface area contributed by atoms with Crippen molar-refractivity contribution >= 4 is 0 Å². The topological polar surface area (TPSA) is 20.2 Å². The molecule has 2 unspecified atom stereocenters. The molecule has 1 fully saturated rings. The Labute approximate surface area is 80.8 Å². The van der Waals surface area contributed by atoms with Gasteiger partial charge in [-0.15, -0.1) is 0 Å². The summed E-state index contributed by atoms with van der Waals surface area (Å²) < 4.78 is 0. The number of aliphatic hydroxyl groups is 1. The number of hydrogen-bond donors (Lipinski definition) is 1. The van der Waals surface area contributed by atoms with E-state index in [9.17, 15) is 5.11 Å². The predicted octanol–water partition coefficient (Wildman–Crippen LogP) is 2.75. The van der Waals surface area contributed by atoms with E-state index in [1.165, 1.54) is 18.4 Å².